The fourth-order valence-corrected chi connectivity index (χ4v) is 1.74. The van der Waals surface area contributed by atoms with Gasteiger partial charge in [-0.2, -0.15) is 5.10 Å². The Morgan fingerprint density at radius 3 is 2.83 bits per heavy atom. The van der Waals surface area contributed by atoms with Crippen LogP contribution in [0.5, 0.6) is 0 Å². The SMILES string of the molecule is O=C(Nc1ccn[nH]1)c1cc([N+](=O)[O-])ccc1Br. The zero-order chi connectivity index (χ0) is 13.1. The molecule has 0 saturated heterocycles. The molecule has 2 aromatic rings. The maximum atomic E-state index is 11.9. The number of H-pyrrole nitrogens is 1. The smallest absolute Gasteiger partial charge is 0.270 e. The molecular weight excluding hydrogens is 304 g/mol. The molecule has 0 saturated carbocycles. The third kappa shape index (κ3) is 2.54. The van der Waals surface area contributed by atoms with E-state index in [1.54, 1.807) is 6.07 Å². The van der Waals surface area contributed by atoms with Gasteiger partial charge in [0.25, 0.3) is 11.6 Å². The maximum Gasteiger partial charge on any atom is 0.270 e. The third-order valence-corrected chi connectivity index (χ3v) is 2.85. The molecule has 18 heavy (non-hydrogen) atoms. The number of non-ortho nitro benzene ring substituents is 1. The molecule has 1 amide bonds. The van der Waals surface area contributed by atoms with Gasteiger partial charge in [0.2, 0.25) is 0 Å². The average molecular weight is 311 g/mol. The first-order valence-corrected chi connectivity index (χ1v) is 5.62. The van der Waals surface area contributed by atoms with E-state index in [-0.39, 0.29) is 11.3 Å². The normalized spacial score (nSPS) is 10.1. The number of amides is 1. The van der Waals surface area contributed by atoms with Gasteiger partial charge in [-0.25, -0.2) is 0 Å². The van der Waals surface area contributed by atoms with Crippen molar-refractivity contribution in [2.24, 2.45) is 0 Å². The third-order valence-electron chi connectivity index (χ3n) is 2.15. The molecule has 0 radical (unpaired) electrons. The van der Waals surface area contributed by atoms with Crippen molar-refractivity contribution in [2.75, 3.05) is 5.32 Å². The van der Waals surface area contributed by atoms with Crippen LogP contribution in [0, 0.1) is 10.1 Å². The summed E-state index contributed by atoms with van der Waals surface area (Å²) in [7, 11) is 0. The van der Waals surface area contributed by atoms with Gasteiger partial charge in [0.1, 0.15) is 5.82 Å². The fraction of sp³-hybridized carbons (Fsp3) is 0. The fourth-order valence-electron chi connectivity index (χ4n) is 1.32. The number of nitrogens with one attached hydrogen (secondary N) is 2. The lowest BCUT2D eigenvalue weighted by molar-refractivity contribution is -0.384. The first-order chi connectivity index (χ1) is 8.58. The highest BCUT2D eigenvalue weighted by Crippen LogP contribution is 2.23. The number of nitro groups is 1. The second kappa shape index (κ2) is 4.96. The highest BCUT2D eigenvalue weighted by atomic mass is 79.9. The summed E-state index contributed by atoms with van der Waals surface area (Å²) >= 11 is 3.18. The molecular formula is C10H7BrN4O3. The van der Waals surface area contributed by atoms with Gasteiger partial charge in [-0.05, 0) is 22.0 Å². The second-order valence-corrected chi connectivity index (χ2v) is 4.20. The van der Waals surface area contributed by atoms with Crippen molar-refractivity contribution in [2.45, 2.75) is 0 Å². The Hall–Kier alpha value is -2.22. The van der Waals surface area contributed by atoms with E-state index in [1.807, 2.05) is 0 Å². The van der Waals surface area contributed by atoms with E-state index in [9.17, 15) is 14.9 Å². The Kier molecular flexibility index (Phi) is 3.38. The van der Waals surface area contributed by atoms with Crippen LogP contribution in [-0.2, 0) is 0 Å². The molecule has 1 aromatic carbocycles. The largest absolute Gasteiger partial charge is 0.307 e. The number of benzene rings is 1. The van der Waals surface area contributed by atoms with Gasteiger partial charge in [-0.3, -0.25) is 20.0 Å². The summed E-state index contributed by atoms with van der Waals surface area (Å²) in [6.07, 6.45) is 1.48. The maximum absolute atomic E-state index is 11.9. The van der Waals surface area contributed by atoms with Crippen LogP contribution in [0.15, 0.2) is 34.9 Å². The van der Waals surface area contributed by atoms with E-state index in [1.165, 1.54) is 24.4 Å². The average Bonchev–Trinajstić information content (AvgIpc) is 2.81. The van der Waals surface area contributed by atoms with Crippen LogP contribution < -0.4 is 5.32 Å². The summed E-state index contributed by atoms with van der Waals surface area (Å²) in [5.41, 5.74) is 0.0340. The minimum Gasteiger partial charge on any atom is -0.307 e. The van der Waals surface area contributed by atoms with Gasteiger partial charge >= 0.3 is 0 Å². The van der Waals surface area contributed by atoms with Gasteiger partial charge in [0.15, 0.2) is 0 Å². The molecule has 1 heterocycles. The Balaban J connectivity index is 2.29. The summed E-state index contributed by atoms with van der Waals surface area (Å²) < 4.78 is 0.477. The zero-order valence-corrected chi connectivity index (χ0v) is 10.5. The molecule has 92 valence electrons. The number of halogens is 1. The molecule has 0 aliphatic rings. The summed E-state index contributed by atoms with van der Waals surface area (Å²) in [6.45, 7) is 0. The minimum atomic E-state index is -0.556. The lowest BCUT2D eigenvalue weighted by atomic mass is 10.2. The van der Waals surface area contributed by atoms with Gasteiger partial charge in [0, 0.05) is 22.7 Å². The highest BCUT2D eigenvalue weighted by molar-refractivity contribution is 9.10. The quantitative estimate of drug-likeness (QED) is 0.671. The van der Waals surface area contributed by atoms with Gasteiger partial charge in [-0.1, -0.05) is 0 Å². The second-order valence-electron chi connectivity index (χ2n) is 3.35. The predicted octanol–water partition coefficient (Wildman–Crippen LogP) is 2.33. The molecule has 0 atom stereocenters. The number of anilines is 1. The van der Waals surface area contributed by atoms with Crippen LogP contribution >= 0.6 is 15.9 Å². The molecule has 0 aliphatic carbocycles. The topological polar surface area (TPSA) is 101 Å². The van der Waals surface area contributed by atoms with Crippen LogP contribution in [0.25, 0.3) is 0 Å². The zero-order valence-electron chi connectivity index (χ0n) is 8.88. The number of hydrogen-bond donors (Lipinski definition) is 2. The number of rotatable bonds is 3. The van der Waals surface area contributed by atoms with Crippen molar-refractivity contribution in [3.63, 3.8) is 0 Å². The van der Waals surface area contributed by atoms with Crippen molar-refractivity contribution in [3.05, 3.63) is 50.6 Å². The van der Waals surface area contributed by atoms with Crippen LogP contribution in [-0.4, -0.2) is 21.0 Å². The molecule has 2 rings (SSSR count). The molecule has 0 bridgehead atoms. The summed E-state index contributed by atoms with van der Waals surface area (Å²) in [6, 6.07) is 5.55. The number of nitrogens with zero attached hydrogens (tertiary/aromatic N) is 2. The lowest BCUT2D eigenvalue weighted by Gasteiger charge is -2.04. The van der Waals surface area contributed by atoms with E-state index in [2.05, 4.69) is 31.4 Å². The van der Waals surface area contributed by atoms with Crippen LogP contribution in [0.1, 0.15) is 10.4 Å². The minimum absolute atomic E-state index is 0.145. The first-order valence-electron chi connectivity index (χ1n) is 4.82. The molecule has 0 aliphatic heterocycles. The predicted molar refractivity (Wildman–Crippen MR) is 67.3 cm³/mol. The number of nitro benzene ring substituents is 1. The van der Waals surface area contributed by atoms with Crippen LogP contribution in [0.2, 0.25) is 0 Å². The standard InChI is InChI=1S/C10H7BrN4O3/c11-8-2-1-6(15(17)18)5-7(8)10(16)13-9-3-4-12-14-9/h1-5H,(H2,12,13,14,16). The molecule has 1 aromatic heterocycles. The number of carbonyl (C=O) groups is 1. The monoisotopic (exact) mass is 310 g/mol. The van der Waals surface area contributed by atoms with Crippen molar-refractivity contribution in [1.29, 1.82) is 0 Å². The molecule has 7 nitrogen and oxygen atoms in total. The first kappa shape index (κ1) is 12.2. The summed E-state index contributed by atoms with van der Waals surface area (Å²) in [4.78, 5) is 22.0. The Morgan fingerprint density at radius 2 is 2.22 bits per heavy atom. The van der Waals surface area contributed by atoms with Crippen LogP contribution in [0.4, 0.5) is 11.5 Å². The highest BCUT2D eigenvalue weighted by Gasteiger charge is 2.15. The summed E-state index contributed by atoms with van der Waals surface area (Å²) in [5, 5.41) is 19.4. The summed E-state index contributed by atoms with van der Waals surface area (Å²) in [5.74, 6) is -0.0479. The van der Waals surface area contributed by atoms with E-state index in [0.29, 0.717) is 10.3 Å². The number of aromatic amines is 1. The van der Waals surface area contributed by atoms with Gasteiger partial charge < -0.3 is 5.32 Å². The van der Waals surface area contributed by atoms with Crippen molar-refractivity contribution < 1.29 is 9.72 Å². The molecule has 0 fully saturated rings. The number of carbonyl (C=O) groups excluding carboxylic acids is 1. The van der Waals surface area contributed by atoms with E-state index >= 15 is 0 Å². The molecule has 0 spiro atoms. The lowest BCUT2D eigenvalue weighted by Crippen LogP contribution is -2.13. The van der Waals surface area contributed by atoms with E-state index in [0.717, 1.165) is 0 Å². The molecule has 8 heteroatoms. The molecule has 2 N–H and O–H groups in total. The van der Waals surface area contributed by atoms with E-state index in [4.69, 9.17) is 0 Å². The Morgan fingerprint density at radius 1 is 1.44 bits per heavy atom. The van der Waals surface area contributed by atoms with E-state index < -0.39 is 10.8 Å². The van der Waals surface area contributed by atoms with Gasteiger partial charge in [-0.15, -0.1) is 0 Å². The van der Waals surface area contributed by atoms with Gasteiger partial charge in [0.05, 0.1) is 16.7 Å². The van der Waals surface area contributed by atoms with Crippen molar-refractivity contribution in [1.82, 2.24) is 10.2 Å². The van der Waals surface area contributed by atoms with Crippen LogP contribution in [0.3, 0.4) is 0 Å². The number of hydrogen-bond acceptors (Lipinski definition) is 4. The molecule has 0 unspecified atom stereocenters. The Labute approximate surface area is 109 Å². The van der Waals surface area contributed by atoms with Crippen molar-refractivity contribution >= 4 is 33.3 Å². The van der Waals surface area contributed by atoms with Crippen molar-refractivity contribution in [3.8, 4) is 0 Å². The Bertz CT molecular complexity index is 597. The number of aromatic nitrogens is 2.